The molecule has 3 rings (SSSR count). The molecule has 0 bridgehead atoms. The highest BCUT2D eigenvalue weighted by Crippen LogP contribution is 2.54. The Morgan fingerprint density at radius 1 is 0.517 bits per heavy atom. The van der Waals surface area contributed by atoms with Gasteiger partial charge in [-0.05, 0) is 119 Å². The molecule has 0 N–H and O–H groups in total. The zero-order chi connectivity index (χ0) is 21.3. The van der Waals surface area contributed by atoms with Crippen LogP contribution in [-0.2, 0) is 44.9 Å². The van der Waals surface area contributed by atoms with Crippen LogP contribution in [0, 0.1) is 6.07 Å². The van der Waals surface area contributed by atoms with Crippen LogP contribution < -0.4 is 0 Å². The molecule has 157 valence electrons. The van der Waals surface area contributed by atoms with E-state index < -0.39 is 0 Å². The summed E-state index contributed by atoms with van der Waals surface area (Å²) in [5.74, 6) is 0.526. The first kappa shape index (κ1) is 22.1. The average molecular weight is 390 g/mol. The van der Waals surface area contributed by atoms with E-state index in [9.17, 15) is 0 Å². The molecule has 29 heavy (non-hydrogen) atoms. The number of hydrogen-bond donors (Lipinski definition) is 0. The molecule has 2 aromatic carbocycles. The van der Waals surface area contributed by atoms with Crippen LogP contribution in [-0.4, -0.2) is 0 Å². The summed E-state index contributed by atoms with van der Waals surface area (Å²) in [5.41, 5.74) is 17.7. The van der Waals surface area contributed by atoms with Gasteiger partial charge in [-0.15, -0.1) is 0 Å². The lowest BCUT2D eigenvalue weighted by Crippen LogP contribution is -2.10. The summed E-state index contributed by atoms with van der Waals surface area (Å²) in [4.78, 5) is 0. The van der Waals surface area contributed by atoms with Crippen molar-refractivity contribution >= 4 is 0 Å². The Hall–Kier alpha value is -1.56. The lowest BCUT2D eigenvalue weighted by molar-refractivity contribution is 0.773. The van der Waals surface area contributed by atoms with Gasteiger partial charge in [0.15, 0.2) is 0 Å². The molecule has 1 atom stereocenters. The highest BCUT2D eigenvalue weighted by Gasteiger charge is 2.36. The molecule has 0 nitrogen and oxygen atoms in total. The number of benzene rings is 2. The zero-order valence-electron chi connectivity index (χ0n) is 20.2. The first-order valence-corrected chi connectivity index (χ1v) is 12.4. The number of rotatable bonds is 8. The third kappa shape index (κ3) is 3.18. The van der Waals surface area contributed by atoms with Crippen LogP contribution in [0.4, 0.5) is 0 Å². The Labute approximate surface area is 180 Å². The summed E-state index contributed by atoms with van der Waals surface area (Å²) < 4.78 is 0. The van der Waals surface area contributed by atoms with Crippen molar-refractivity contribution < 1.29 is 0 Å². The molecular formula is C29H41. The standard InChI is InChI=1S/C29H41/c1-9-18-17-26-25(16-8)27-23(14-6)20(11-3)21(12-4)24(15-7)29(27)28(26)22(13-5)19(18)10-2/h25H,9-16H2,1-8H3. The highest BCUT2D eigenvalue weighted by atomic mass is 14.4. The number of hydrogen-bond acceptors (Lipinski definition) is 0. The summed E-state index contributed by atoms with van der Waals surface area (Å²) in [5, 5.41) is 0. The average Bonchev–Trinajstić information content (AvgIpc) is 3.08. The highest BCUT2D eigenvalue weighted by molar-refractivity contribution is 5.87. The first-order chi connectivity index (χ1) is 14.1. The van der Waals surface area contributed by atoms with Gasteiger partial charge in [-0.3, -0.25) is 0 Å². The summed E-state index contributed by atoms with van der Waals surface area (Å²) in [7, 11) is 0. The van der Waals surface area contributed by atoms with Gasteiger partial charge in [-0.1, -0.05) is 55.4 Å². The minimum absolute atomic E-state index is 0.526. The molecule has 0 heteroatoms. The predicted octanol–water partition coefficient (Wildman–Crippen LogP) is 7.95. The van der Waals surface area contributed by atoms with Gasteiger partial charge in [0.05, 0.1) is 0 Å². The van der Waals surface area contributed by atoms with E-state index in [1.165, 1.54) is 17.5 Å². The summed E-state index contributed by atoms with van der Waals surface area (Å²) >= 11 is 0. The number of fused-ring (bicyclic) bond motifs is 3. The molecule has 0 amide bonds. The maximum absolute atomic E-state index is 3.99. The first-order valence-electron chi connectivity index (χ1n) is 12.4. The van der Waals surface area contributed by atoms with Crippen LogP contribution in [0.2, 0.25) is 0 Å². The van der Waals surface area contributed by atoms with Crippen LogP contribution in [0.25, 0.3) is 11.1 Å². The molecule has 0 aromatic heterocycles. The van der Waals surface area contributed by atoms with Crippen molar-refractivity contribution in [3.05, 3.63) is 56.1 Å². The fourth-order valence-corrected chi connectivity index (χ4v) is 6.32. The van der Waals surface area contributed by atoms with Crippen LogP contribution in [0.5, 0.6) is 0 Å². The van der Waals surface area contributed by atoms with E-state index in [0.717, 1.165) is 44.9 Å². The van der Waals surface area contributed by atoms with Gasteiger partial charge in [-0.25, -0.2) is 0 Å². The molecule has 1 radical (unpaired) electrons. The van der Waals surface area contributed by atoms with Crippen molar-refractivity contribution in [2.45, 2.75) is 113 Å². The molecular weight excluding hydrogens is 348 g/mol. The van der Waals surface area contributed by atoms with E-state index in [0.29, 0.717) is 5.92 Å². The van der Waals surface area contributed by atoms with Crippen LogP contribution in [0.15, 0.2) is 0 Å². The van der Waals surface area contributed by atoms with Crippen molar-refractivity contribution in [1.29, 1.82) is 0 Å². The molecule has 0 saturated carbocycles. The Kier molecular flexibility index (Phi) is 6.92. The van der Waals surface area contributed by atoms with Crippen LogP contribution in [0.1, 0.15) is 118 Å². The third-order valence-corrected chi connectivity index (χ3v) is 7.40. The molecule has 0 spiro atoms. The molecule has 0 fully saturated rings. The molecule has 0 aliphatic heterocycles. The lowest BCUT2D eigenvalue weighted by atomic mass is 9.80. The summed E-state index contributed by atoms with van der Waals surface area (Å²) in [6, 6.07) is 3.99. The quantitative estimate of drug-likeness (QED) is 0.430. The van der Waals surface area contributed by atoms with Crippen molar-refractivity contribution in [3.63, 3.8) is 0 Å². The molecule has 1 unspecified atom stereocenters. The Morgan fingerprint density at radius 2 is 1.00 bits per heavy atom. The van der Waals surface area contributed by atoms with E-state index in [1.54, 1.807) is 50.1 Å². The molecule has 1 aliphatic rings. The smallest absolute Gasteiger partial charge is 0.0108 e. The van der Waals surface area contributed by atoms with Gasteiger partial charge in [0, 0.05) is 5.92 Å². The SMILES string of the molecule is CCc1[c]c2c(c(CC)c1CC)-c1c(CC)c(CC)c(CC)c(CC)c1C2CC. The normalized spacial score (nSPS) is 15.0. The van der Waals surface area contributed by atoms with Crippen molar-refractivity contribution in [2.24, 2.45) is 0 Å². The topological polar surface area (TPSA) is 0 Å². The fraction of sp³-hybridized carbons (Fsp3) is 0.586. The Morgan fingerprint density at radius 3 is 1.45 bits per heavy atom. The van der Waals surface area contributed by atoms with Gasteiger partial charge in [-0.2, -0.15) is 0 Å². The van der Waals surface area contributed by atoms with E-state index in [2.05, 4.69) is 61.5 Å². The van der Waals surface area contributed by atoms with Crippen molar-refractivity contribution in [2.75, 3.05) is 0 Å². The summed E-state index contributed by atoms with van der Waals surface area (Å²) in [6.07, 6.45) is 9.12. The zero-order valence-corrected chi connectivity index (χ0v) is 20.2. The second-order valence-corrected chi connectivity index (χ2v) is 8.49. The fourth-order valence-electron chi connectivity index (χ4n) is 6.32. The van der Waals surface area contributed by atoms with E-state index in [4.69, 9.17) is 0 Å². The van der Waals surface area contributed by atoms with Gasteiger partial charge in [0.25, 0.3) is 0 Å². The van der Waals surface area contributed by atoms with E-state index >= 15 is 0 Å². The predicted molar refractivity (Wildman–Crippen MR) is 128 cm³/mol. The molecule has 2 aromatic rings. The molecule has 1 aliphatic carbocycles. The largest absolute Gasteiger partial charge is 0.0645 e. The van der Waals surface area contributed by atoms with E-state index in [1.807, 2.05) is 0 Å². The molecule has 0 saturated heterocycles. The van der Waals surface area contributed by atoms with Gasteiger partial charge in [0.2, 0.25) is 0 Å². The monoisotopic (exact) mass is 389 g/mol. The van der Waals surface area contributed by atoms with Gasteiger partial charge in [0.1, 0.15) is 0 Å². The second-order valence-electron chi connectivity index (χ2n) is 8.49. The Bertz CT molecular complexity index is 897. The van der Waals surface area contributed by atoms with Gasteiger partial charge < -0.3 is 0 Å². The molecule has 0 heterocycles. The number of aryl methyl sites for hydroxylation is 1. The van der Waals surface area contributed by atoms with Crippen LogP contribution >= 0.6 is 0 Å². The summed E-state index contributed by atoms with van der Waals surface area (Å²) in [6.45, 7) is 18.8. The third-order valence-electron chi connectivity index (χ3n) is 7.40. The minimum Gasteiger partial charge on any atom is -0.0645 e. The van der Waals surface area contributed by atoms with Crippen LogP contribution in [0.3, 0.4) is 0 Å². The second kappa shape index (κ2) is 9.07. The lowest BCUT2D eigenvalue weighted by Gasteiger charge is -2.25. The van der Waals surface area contributed by atoms with Gasteiger partial charge >= 0.3 is 0 Å². The maximum Gasteiger partial charge on any atom is 0.0108 e. The van der Waals surface area contributed by atoms with Crippen molar-refractivity contribution in [3.8, 4) is 11.1 Å². The van der Waals surface area contributed by atoms with E-state index in [-0.39, 0.29) is 0 Å². The van der Waals surface area contributed by atoms with Crippen molar-refractivity contribution in [1.82, 2.24) is 0 Å². The minimum atomic E-state index is 0.526. The Balaban J connectivity index is 2.56. The maximum atomic E-state index is 3.99.